The van der Waals surface area contributed by atoms with E-state index in [1.165, 1.54) is 6.20 Å². The van der Waals surface area contributed by atoms with Crippen LogP contribution in [0.25, 0.3) is 0 Å². The Morgan fingerprint density at radius 2 is 1.95 bits per heavy atom. The fraction of sp³-hybridized carbons (Fsp3) is 0.714. The lowest BCUT2D eigenvalue weighted by atomic mass is 9.86. The second kappa shape index (κ2) is 6.58. The number of nitrogens with one attached hydrogen (secondary N) is 2. The van der Waals surface area contributed by atoms with Crippen molar-refractivity contribution in [3.63, 3.8) is 0 Å². The smallest absolute Gasteiger partial charge is 0.258 e. The Labute approximate surface area is 126 Å². The second-order valence-corrected chi connectivity index (χ2v) is 7.27. The van der Waals surface area contributed by atoms with Gasteiger partial charge in [-0.2, -0.15) is 9.98 Å². The summed E-state index contributed by atoms with van der Waals surface area (Å²) in [6.45, 7) is 1.90. The van der Waals surface area contributed by atoms with Crippen LogP contribution in [-0.2, 0) is 16.4 Å². The zero-order valence-electron chi connectivity index (χ0n) is 12.4. The van der Waals surface area contributed by atoms with E-state index < -0.39 is 15.6 Å². The highest BCUT2D eigenvalue weighted by Crippen LogP contribution is 2.27. The number of imidazole rings is 1. The van der Waals surface area contributed by atoms with Gasteiger partial charge in [0.15, 0.2) is 5.03 Å². The zero-order valence-corrected chi connectivity index (χ0v) is 13.2. The number of hydrogen-bond donors (Lipinski definition) is 2. The molecule has 0 aromatic carbocycles. The summed E-state index contributed by atoms with van der Waals surface area (Å²) < 4.78 is 27.5. The molecule has 7 heteroatoms. The summed E-state index contributed by atoms with van der Waals surface area (Å²) in [5.41, 5.74) is -0.989. The van der Waals surface area contributed by atoms with E-state index in [2.05, 4.69) is 20.8 Å². The molecule has 2 rings (SSSR count). The maximum absolute atomic E-state index is 12.5. The van der Waals surface area contributed by atoms with Crippen LogP contribution in [0.5, 0.6) is 0 Å². The Morgan fingerprint density at radius 3 is 2.48 bits per heavy atom. The molecule has 0 radical (unpaired) electrons. The minimum atomic E-state index is -3.74. The summed E-state index contributed by atoms with van der Waals surface area (Å²) >= 11 is 0. The molecule has 0 saturated heterocycles. The molecule has 1 fully saturated rings. The van der Waals surface area contributed by atoms with Crippen molar-refractivity contribution in [3.05, 3.63) is 12.0 Å². The molecule has 0 aliphatic heterocycles. The van der Waals surface area contributed by atoms with E-state index >= 15 is 0 Å². The Bertz CT molecular complexity index is 607. The van der Waals surface area contributed by atoms with Gasteiger partial charge >= 0.3 is 0 Å². The zero-order chi connectivity index (χ0) is 15.3. The maximum Gasteiger partial charge on any atom is 0.258 e. The van der Waals surface area contributed by atoms with Gasteiger partial charge < -0.3 is 4.98 Å². The van der Waals surface area contributed by atoms with E-state index in [0.717, 1.165) is 32.1 Å². The van der Waals surface area contributed by atoms with Gasteiger partial charge in [0.2, 0.25) is 0 Å². The van der Waals surface area contributed by atoms with Gasteiger partial charge in [-0.25, -0.2) is 13.4 Å². The van der Waals surface area contributed by atoms with E-state index in [-0.39, 0.29) is 5.03 Å². The molecular weight excluding hydrogens is 288 g/mol. The van der Waals surface area contributed by atoms with Crippen molar-refractivity contribution in [1.29, 1.82) is 5.26 Å². The SMILES string of the molecule is CCc1ncc(S(=O)(=O)NC2(C#N)CCCCCCC2)[nH]1. The van der Waals surface area contributed by atoms with Crippen LogP contribution in [0.2, 0.25) is 0 Å². The van der Waals surface area contributed by atoms with Crippen molar-refractivity contribution in [3.8, 4) is 6.07 Å². The molecule has 1 aromatic rings. The number of H-pyrrole nitrogens is 1. The molecule has 0 atom stereocenters. The summed E-state index contributed by atoms with van der Waals surface area (Å²) in [4.78, 5) is 6.81. The summed E-state index contributed by atoms with van der Waals surface area (Å²) in [6, 6.07) is 2.21. The standard InChI is InChI=1S/C14H22N4O2S/c1-2-12-16-10-13(17-12)21(19,20)18-14(11-15)8-6-4-3-5-7-9-14/h10,18H,2-9H2,1H3,(H,16,17). The van der Waals surface area contributed by atoms with E-state index in [4.69, 9.17) is 0 Å². The maximum atomic E-state index is 12.5. The predicted molar refractivity (Wildman–Crippen MR) is 79.0 cm³/mol. The Balaban J connectivity index is 2.21. The van der Waals surface area contributed by atoms with Gasteiger partial charge in [0.1, 0.15) is 11.4 Å². The largest absolute Gasteiger partial charge is 0.332 e. The van der Waals surface area contributed by atoms with Crippen molar-refractivity contribution >= 4 is 10.0 Å². The van der Waals surface area contributed by atoms with Gasteiger partial charge in [-0.05, 0) is 12.8 Å². The monoisotopic (exact) mass is 310 g/mol. The highest BCUT2D eigenvalue weighted by molar-refractivity contribution is 7.89. The van der Waals surface area contributed by atoms with E-state index in [1.54, 1.807) is 0 Å². The fourth-order valence-corrected chi connectivity index (χ4v) is 4.04. The van der Waals surface area contributed by atoms with Gasteiger partial charge in [0.05, 0.1) is 12.3 Å². The first-order chi connectivity index (χ1) is 10.0. The minimum absolute atomic E-state index is 0.0380. The van der Waals surface area contributed by atoms with Crippen molar-refractivity contribution < 1.29 is 8.42 Å². The Morgan fingerprint density at radius 1 is 1.33 bits per heavy atom. The second-order valence-electron chi connectivity index (χ2n) is 5.61. The van der Waals surface area contributed by atoms with Crippen LogP contribution in [0.1, 0.15) is 57.7 Å². The lowest BCUT2D eigenvalue weighted by molar-refractivity contribution is 0.357. The van der Waals surface area contributed by atoms with E-state index in [9.17, 15) is 13.7 Å². The van der Waals surface area contributed by atoms with Crippen molar-refractivity contribution in [2.75, 3.05) is 0 Å². The first-order valence-electron chi connectivity index (χ1n) is 7.50. The number of rotatable bonds is 4. The van der Waals surface area contributed by atoms with Gasteiger partial charge in [-0.15, -0.1) is 0 Å². The summed E-state index contributed by atoms with van der Waals surface area (Å²) in [5, 5.41) is 9.56. The van der Waals surface area contributed by atoms with Gasteiger partial charge in [0.25, 0.3) is 10.0 Å². The molecule has 1 saturated carbocycles. The highest BCUT2D eigenvalue weighted by Gasteiger charge is 2.35. The lowest BCUT2D eigenvalue weighted by Crippen LogP contribution is -2.47. The van der Waals surface area contributed by atoms with Crippen molar-refractivity contribution in [1.82, 2.24) is 14.7 Å². The van der Waals surface area contributed by atoms with Crippen LogP contribution in [0, 0.1) is 11.3 Å². The molecule has 0 bridgehead atoms. The first kappa shape index (κ1) is 16.0. The summed E-state index contributed by atoms with van der Waals surface area (Å²) in [6.07, 6.45) is 8.10. The summed E-state index contributed by atoms with van der Waals surface area (Å²) in [7, 11) is -3.74. The van der Waals surface area contributed by atoms with Crippen LogP contribution in [0.3, 0.4) is 0 Å². The lowest BCUT2D eigenvalue weighted by Gasteiger charge is -2.29. The van der Waals surface area contributed by atoms with Gasteiger partial charge in [0, 0.05) is 6.42 Å². The van der Waals surface area contributed by atoms with Crippen LogP contribution in [0.15, 0.2) is 11.2 Å². The van der Waals surface area contributed by atoms with Gasteiger partial charge in [-0.3, -0.25) is 0 Å². The average molecular weight is 310 g/mol. The number of aromatic amines is 1. The number of nitriles is 1. The topological polar surface area (TPSA) is 98.6 Å². The van der Waals surface area contributed by atoms with Crippen molar-refractivity contribution in [2.24, 2.45) is 0 Å². The quantitative estimate of drug-likeness (QED) is 0.891. The summed E-state index contributed by atoms with van der Waals surface area (Å²) in [5.74, 6) is 0.624. The molecule has 0 amide bonds. The fourth-order valence-electron chi connectivity index (χ4n) is 2.72. The van der Waals surface area contributed by atoms with Crippen LogP contribution in [0.4, 0.5) is 0 Å². The molecule has 1 aromatic heterocycles. The normalized spacial score (nSPS) is 19.4. The van der Waals surface area contributed by atoms with Crippen LogP contribution in [-0.4, -0.2) is 23.9 Å². The third-order valence-electron chi connectivity index (χ3n) is 3.98. The van der Waals surface area contributed by atoms with E-state index in [1.807, 2.05) is 6.92 Å². The molecule has 0 spiro atoms. The number of sulfonamides is 1. The van der Waals surface area contributed by atoms with Crippen LogP contribution < -0.4 is 4.72 Å². The number of aryl methyl sites for hydroxylation is 1. The molecule has 0 unspecified atom stereocenters. The molecule has 21 heavy (non-hydrogen) atoms. The third-order valence-corrected chi connectivity index (χ3v) is 5.43. The minimum Gasteiger partial charge on any atom is -0.332 e. The Hall–Kier alpha value is -1.39. The third kappa shape index (κ3) is 3.83. The van der Waals surface area contributed by atoms with Crippen molar-refractivity contribution in [2.45, 2.75) is 68.9 Å². The average Bonchev–Trinajstić information content (AvgIpc) is 2.92. The highest BCUT2D eigenvalue weighted by atomic mass is 32.2. The molecular formula is C14H22N4O2S. The molecule has 1 heterocycles. The molecule has 116 valence electrons. The van der Waals surface area contributed by atoms with Gasteiger partial charge in [-0.1, -0.05) is 39.0 Å². The number of aromatic nitrogens is 2. The number of hydrogen-bond acceptors (Lipinski definition) is 4. The Kier molecular flexibility index (Phi) is 5.01. The molecule has 1 aliphatic rings. The molecule has 2 N–H and O–H groups in total. The first-order valence-corrected chi connectivity index (χ1v) is 8.99. The number of nitrogens with zero attached hydrogens (tertiary/aromatic N) is 2. The van der Waals surface area contributed by atoms with E-state index in [0.29, 0.717) is 25.1 Å². The predicted octanol–water partition coefficient (Wildman–Crippen LogP) is 2.26. The van der Waals surface area contributed by atoms with Crippen LogP contribution >= 0.6 is 0 Å². The molecule has 1 aliphatic carbocycles. The molecule has 6 nitrogen and oxygen atoms in total.